The van der Waals surface area contributed by atoms with E-state index in [1.807, 2.05) is 79.9 Å². The van der Waals surface area contributed by atoms with Crippen molar-refractivity contribution in [1.29, 1.82) is 0 Å². The van der Waals surface area contributed by atoms with Crippen molar-refractivity contribution in [2.75, 3.05) is 0 Å². The van der Waals surface area contributed by atoms with Gasteiger partial charge in [0.1, 0.15) is 0 Å². The van der Waals surface area contributed by atoms with Gasteiger partial charge in [0.15, 0.2) is 0 Å². The summed E-state index contributed by atoms with van der Waals surface area (Å²) in [5.41, 5.74) is 4.84. The maximum atomic E-state index is 13.1. The number of hydrogen-bond acceptors (Lipinski definition) is 3. The average molecular weight is 507 g/mol. The zero-order chi connectivity index (χ0) is 23.8. The van der Waals surface area contributed by atoms with Crippen molar-refractivity contribution in [3.63, 3.8) is 0 Å². The van der Waals surface area contributed by atoms with Crippen molar-refractivity contribution in [2.24, 2.45) is 0 Å². The lowest BCUT2D eigenvalue weighted by atomic mass is 10.1. The number of nitrogens with zero attached hydrogens (tertiary/aromatic N) is 2. The summed E-state index contributed by atoms with van der Waals surface area (Å²) < 4.78 is 2.09. The van der Waals surface area contributed by atoms with Gasteiger partial charge in [-0.2, -0.15) is 0 Å². The summed E-state index contributed by atoms with van der Waals surface area (Å²) in [5, 5.41) is 1.94. The first-order chi connectivity index (χ1) is 16.4. The van der Waals surface area contributed by atoms with Crippen LogP contribution in [0.1, 0.15) is 22.3 Å². The van der Waals surface area contributed by atoms with E-state index in [4.69, 9.17) is 23.2 Å². The van der Waals surface area contributed by atoms with Gasteiger partial charge < -0.3 is 4.57 Å². The lowest BCUT2D eigenvalue weighted by Crippen LogP contribution is -2.27. The summed E-state index contributed by atoms with van der Waals surface area (Å²) in [6, 6.07) is 21.2. The Bertz CT molecular complexity index is 1470. The second-order valence-electron chi connectivity index (χ2n) is 8.16. The fourth-order valence-corrected chi connectivity index (χ4v) is 5.39. The normalized spacial score (nSPS) is 15.1. The minimum Gasteiger partial charge on any atom is -0.342 e. The van der Waals surface area contributed by atoms with Gasteiger partial charge in [0.25, 0.3) is 11.1 Å². The molecule has 4 nitrogen and oxygen atoms in total. The minimum absolute atomic E-state index is 0.254. The summed E-state index contributed by atoms with van der Waals surface area (Å²) in [7, 11) is 0. The Labute approximate surface area is 211 Å². The number of hydrogen-bond donors (Lipinski definition) is 0. The molecule has 34 heavy (non-hydrogen) atoms. The molecule has 3 aromatic carbocycles. The van der Waals surface area contributed by atoms with Crippen molar-refractivity contribution in [1.82, 2.24) is 9.47 Å². The van der Waals surface area contributed by atoms with Crippen LogP contribution in [0.3, 0.4) is 0 Å². The fourth-order valence-electron chi connectivity index (χ4n) is 4.09. The maximum Gasteiger partial charge on any atom is 0.293 e. The highest BCUT2D eigenvalue weighted by molar-refractivity contribution is 8.18. The molecular formula is C27H20Cl2N2O2S. The van der Waals surface area contributed by atoms with E-state index in [1.54, 1.807) is 6.07 Å². The number of amides is 2. The van der Waals surface area contributed by atoms with Gasteiger partial charge in [-0.25, -0.2) is 0 Å². The first-order valence-electron chi connectivity index (χ1n) is 10.7. The Balaban J connectivity index is 1.48. The van der Waals surface area contributed by atoms with E-state index in [9.17, 15) is 9.59 Å². The molecule has 7 heteroatoms. The van der Waals surface area contributed by atoms with Crippen LogP contribution < -0.4 is 0 Å². The highest BCUT2D eigenvalue weighted by Crippen LogP contribution is 2.35. The van der Waals surface area contributed by atoms with Gasteiger partial charge >= 0.3 is 0 Å². The molecule has 1 aromatic heterocycles. The maximum absolute atomic E-state index is 13.1. The molecule has 0 N–H and O–H groups in total. The second kappa shape index (κ2) is 9.34. The third-order valence-electron chi connectivity index (χ3n) is 5.93. The van der Waals surface area contributed by atoms with E-state index in [-0.39, 0.29) is 17.7 Å². The Morgan fingerprint density at radius 2 is 1.68 bits per heavy atom. The van der Waals surface area contributed by atoms with Gasteiger partial charge in [-0.05, 0) is 59.7 Å². The average Bonchev–Trinajstić information content (AvgIpc) is 3.29. The van der Waals surface area contributed by atoms with Crippen LogP contribution in [-0.4, -0.2) is 20.6 Å². The topological polar surface area (TPSA) is 42.3 Å². The molecule has 0 spiro atoms. The van der Waals surface area contributed by atoms with Gasteiger partial charge in [-0.1, -0.05) is 71.7 Å². The van der Waals surface area contributed by atoms with E-state index >= 15 is 0 Å². The van der Waals surface area contributed by atoms with Crippen LogP contribution >= 0.6 is 35.0 Å². The molecule has 1 saturated heterocycles. The van der Waals surface area contributed by atoms with Crippen LogP contribution in [0.15, 0.2) is 77.8 Å². The first kappa shape index (κ1) is 22.8. The molecule has 1 fully saturated rings. The molecule has 170 valence electrons. The van der Waals surface area contributed by atoms with Crippen molar-refractivity contribution >= 4 is 63.1 Å². The minimum atomic E-state index is -0.268. The van der Waals surface area contributed by atoms with Gasteiger partial charge in [-0.3, -0.25) is 14.5 Å². The third-order valence-corrected chi connectivity index (χ3v) is 7.42. The lowest BCUT2D eigenvalue weighted by Gasteiger charge is -2.14. The van der Waals surface area contributed by atoms with E-state index < -0.39 is 0 Å². The van der Waals surface area contributed by atoms with Crippen molar-refractivity contribution < 1.29 is 9.59 Å². The zero-order valence-electron chi connectivity index (χ0n) is 18.3. The van der Waals surface area contributed by atoms with Crippen LogP contribution in [-0.2, 0) is 17.9 Å². The summed E-state index contributed by atoms with van der Waals surface area (Å²) in [6.07, 6.45) is 3.80. The smallest absolute Gasteiger partial charge is 0.293 e. The highest BCUT2D eigenvalue weighted by atomic mass is 35.5. The van der Waals surface area contributed by atoms with E-state index in [2.05, 4.69) is 4.57 Å². The SMILES string of the molecule is Cc1ccccc1CN1C(=O)S/C(=C\c2cn(Cc3ccc(Cl)cc3Cl)c3ccccc23)C1=O. The quantitative estimate of drug-likeness (QED) is 0.262. The van der Waals surface area contributed by atoms with Crippen LogP contribution in [0, 0.1) is 6.92 Å². The molecule has 0 atom stereocenters. The molecule has 0 saturated carbocycles. The van der Waals surface area contributed by atoms with Gasteiger partial charge in [0.2, 0.25) is 0 Å². The number of carbonyl (C=O) groups is 2. The number of carbonyl (C=O) groups excluding carboxylic acids is 2. The van der Waals surface area contributed by atoms with Crippen LogP contribution in [0.5, 0.6) is 0 Å². The molecule has 0 radical (unpaired) electrons. The number of para-hydroxylation sites is 1. The van der Waals surface area contributed by atoms with Gasteiger partial charge in [0, 0.05) is 39.3 Å². The second-order valence-corrected chi connectivity index (χ2v) is 10.00. The molecule has 0 aliphatic carbocycles. The summed E-state index contributed by atoms with van der Waals surface area (Å²) in [4.78, 5) is 27.5. The fraction of sp³-hybridized carbons (Fsp3) is 0.111. The zero-order valence-corrected chi connectivity index (χ0v) is 20.6. The van der Waals surface area contributed by atoms with Crippen LogP contribution in [0.25, 0.3) is 17.0 Å². The highest BCUT2D eigenvalue weighted by Gasteiger charge is 2.35. The van der Waals surface area contributed by atoms with E-state index in [0.29, 0.717) is 21.5 Å². The van der Waals surface area contributed by atoms with E-state index in [1.165, 1.54) is 4.90 Å². The summed E-state index contributed by atoms with van der Waals surface area (Å²) in [5.74, 6) is -0.268. The molecule has 0 bridgehead atoms. The predicted molar refractivity (Wildman–Crippen MR) is 140 cm³/mol. The Kier molecular flexibility index (Phi) is 6.26. The number of rotatable bonds is 5. The van der Waals surface area contributed by atoms with Crippen molar-refractivity contribution in [3.05, 3.63) is 110 Å². The van der Waals surface area contributed by atoms with Crippen molar-refractivity contribution in [3.8, 4) is 0 Å². The summed E-state index contributed by atoms with van der Waals surface area (Å²) in [6.45, 7) is 2.80. The number of aromatic nitrogens is 1. The summed E-state index contributed by atoms with van der Waals surface area (Å²) >= 11 is 13.4. The lowest BCUT2D eigenvalue weighted by molar-refractivity contribution is -0.123. The number of benzene rings is 3. The molecule has 1 aliphatic heterocycles. The Morgan fingerprint density at radius 3 is 2.47 bits per heavy atom. The standard InChI is InChI=1S/C27H20Cl2N2O2S/c1-17-6-2-3-7-18(17)16-31-26(32)25(34-27(31)33)12-20-15-30(24-9-5-4-8-22(20)24)14-19-10-11-21(28)13-23(19)29/h2-13,15H,14,16H2,1H3/b25-12-. The molecule has 5 rings (SSSR count). The largest absolute Gasteiger partial charge is 0.342 e. The van der Waals surface area contributed by atoms with Crippen LogP contribution in [0.2, 0.25) is 10.0 Å². The number of aryl methyl sites for hydroxylation is 1. The number of thioether (sulfide) groups is 1. The number of halogens is 2. The number of imide groups is 1. The molecule has 2 amide bonds. The first-order valence-corrected chi connectivity index (χ1v) is 12.3. The Morgan fingerprint density at radius 1 is 0.912 bits per heavy atom. The molecule has 1 aliphatic rings. The predicted octanol–water partition coefficient (Wildman–Crippen LogP) is 7.54. The van der Waals surface area contributed by atoms with Gasteiger partial charge in [0.05, 0.1) is 11.4 Å². The van der Waals surface area contributed by atoms with Crippen LogP contribution in [0.4, 0.5) is 4.79 Å². The van der Waals surface area contributed by atoms with Crippen molar-refractivity contribution in [2.45, 2.75) is 20.0 Å². The third kappa shape index (κ3) is 4.39. The molecular weight excluding hydrogens is 487 g/mol. The molecule has 4 aromatic rings. The van der Waals surface area contributed by atoms with Gasteiger partial charge in [-0.15, -0.1) is 0 Å². The molecule has 2 heterocycles. The number of fused-ring (bicyclic) bond motifs is 1. The Hall–Kier alpha value is -2.99. The monoisotopic (exact) mass is 506 g/mol. The molecule has 0 unspecified atom stereocenters. The van der Waals surface area contributed by atoms with E-state index in [0.717, 1.165) is 44.9 Å².